The zero-order valence-corrected chi connectivity index (χ0v) is 12.4. The van der Waals surface area contributed by atoms with Crippen LogP contribution in [0.5, 0.6) is 0 Å². The van der Waals surface area contributed by atoms with Crippen molar-refractivity contribution in [1.29, 1.82) is 0 Å². The quantitative estimate of drug-likeness (QED) is 0.899. The number of hydrogen-bond donors (Lipinski definition) is 2. The number of aromatic nitrogens is 2. The molecule has 1 fully saturated rings. The van der Waals surface area contributed by atoms with Crippen LogP contribution < -0.4 is 10.2 Å². The van der Waals surface area contributed by atoms with Crippen LogP contribution in [0.15, 0.2) is 24.3 Å². The van der Waals surface area contributed by atoms with Crippen molar-refractivity contribution in [3.63, 3.8) is 0 Å². The number of imidazole rings is 1. The van der Waals surface area contributed by atoms with Gasteiger partial charge in [0.15, 0.2) is 0 Å². The zero-order chi connectivity index (χ0) is 13.9. The van der Waals surface area contributed by atoms with Gasteiger partial charge in [-0.15, -0.1) is 0 Å². The van der Waals surface area contributed by atoms with Gasteiger partial charge in [-0.3, -0.25) is 0 Å². The number of fused-ring (bicyclic) bond motifs is 1. The predicted octanol–water partition coefficient (Wildman–Crippen LogP) is 2.92. The number of piperidine rings is 1. The van der Waals surface area contributed by atoms with Gasteiger partial charge in [0.05, 0.1) is 11.0 Å². The SMILES string of the molecule is CC(C)NCC1CCCCN1c1nc2ccccc2[nH]1. The maximum absolute atomic E-state index is 4.76. The summed E-state index contributed by atoms with van der Waals surface area (Å²) < 4.78 is 0. The van der Waals surface area contributed by atoms with Crippen molar-refractivity contribution in [1.82, 2.24) is 15.3 Å². The third kappa shape index (κ3) is 2.80. The second-order valence-corrected chi connectivity index (χ2v) is 5.98. The Morgan fingerprint density at radius 1 is 1.35 bits per heavy atom. The molecule has 1 unspecified atom stereocenters. The van der Waals surface area contributed by atoms with Gasteiger partial charge in [0.2, 0.25) is 5.95 Å². The molecule has 0 spiro atoms. The normalized spacial score (nSPS) is 19.9. The Morgan fingerprint density at radius 3 is 3.00 bits per heavy atom. The Balaban J connectivity index is 1.81. The Hall–Kier alpha value is -1.55. The van der Waals surface area contributed by atoms with Crippen molar-refractivity contribution in [2.24, 2.45) is 0 Å². The highest BCUT2D eigenvalue weighted by molar-refractivity contribution is 5.77. The third-order valence-corrected chi connectivity index (χ3v) is 4.04. The minimum absolute atomic E-state index is 0.537. The second kappa shape index (κ2) is 5.83. The number of nitrogens with one attached hydrogen (secondary N) is 2. The number of anilines is 1. The lowest BCUT2D eigenvalue weighted by Crippen LogP contribution is -2.47. The number of rotatable bonds is 4. The minimum atomic E-state index is 0.537. The van der Waals surface area contributed by atoms with Crippen molar-refractivity contribution in [2.75, 3.05) is 18.0 Å². The van der Waals surface area contributed by atoms with E-state index in [2.05, 4.69) is 47.2 Å². The summed E-state index contributed by atoms with van der Waals surface area (Å²) in [5.74, 6) is 1.03. The molecule has 1 saturated heterocycles. The maximum Gasteiger partial charge on any atom is 0.204 e. The van der Waals surface area contributed by atoms with Gasteiger partial charge >= 0.3 is 0 Å². The monoisotopic (exact) mass is 272 g/mol. The van der Waals surface area contributed by atoms with E-state index in [4.69, 9.17) is 4.98 Å². The number of H-pyrrole nitrogens is 1. The molecule has 2 heterocycles. The van der Waals surface area contributed by atoms with E-state index in [0.717, 1.165) is 30.1 Å². The van der Waals surface area contributed by atoms with Crippen molar-refractivity contribution in [2.45, 2.75) is 45.2 Å². The van der Waals surface area contributed by atoms with E-state index in [9.17, 15) is 0 Å². The summed E-state index contributed by atoms with van der Waals surface area (Å²) in [5, 5.41) is 3.57. The summed E-state index contributed by atoms with van der Waals surface area (Å²) in [6.07, 6.45) is 3.83. The molecule has 4 nitrogen and oxygen atoms in total. The molecule has 1 atom stereocenters. The maximum atomic E-state index is 4.76. The van der Waals surface area contributed by atoms with Crippen LogP contribution in [0.4, 0.5) is 5.95 Å². The molecule has 4 heteroatoms. The average Bonchev–Trinajstić information content (AvgIpc) is 2.89. The summed E-state index contributed by atoms with van der Waals surface area (Å²) >= 11 is 0. The first-order chi connectivity index (χ1) is 9.74. The molecule has 0 amide bonds. The van der Waals surface area contributed by atoms with E-state index >= 15 is 0 Å². The van der Waals surface area contributed by atoms with Crippen LogP contribution in [-0.2, 0) is 0 Å². The van der Waals surface area contributed by atoms with E-state index in [0.29, 0.717) is 12.1 Å². The second-order valence-electron chi connectivity index (χ2n) is 5.98. The molecule has 0 radical (unpaired) electrons. The minimum Gasteiger partial charge on any atom is -0.338 e. The molecule has 0 bridgehead atoms. The molecule has 2 N–H and O–H groups in total. The largest absolute Gasteiger partial charge is 0.338 e. The molecular formula is C16H24N4. The molecule has 0 aliphatic carbocycles. The van der Waals surface area contributed by atoms with Crippen molar-refractivity contribution in [3.05, 3.63) is 24.3 Å². The molecule has 1 aliphatic heterocycles. The number of benzene rings is 1. The Bertz CT molecular complexity index is 527. The highest BCUT2D eigenvalue weighted by Crippen LogP contribution is 2.24. The van der Waals surface area contributed by atoms with Gasteiger partial charge in [-0.2, -0.15) is 0 Å². The van der Waals surface area contributed by atoms with E-state index in [1.165, 1.54) is 19.3 Å². The lowest BCUT2D eigenvalue weighted by atomic mass is 10.0. The van der Waals surface area contributed by atoms with Gasteiger partial charge in [0.25, 0.3) is 0 Å². The van der Waals surface area contributed by atoms with Crippen LogP contribution >= 0.6 is 0 Å². The summed E-state index contributed by atoms with van der Waals surface area (Å²) in [6.45, 7) is 6.54. The highest BCUT2D eigenvalue weighted by Gasteiger charge is 2.24. The third-order valence-electron chi connectivity index (χ3n) is 4.04. The fraction of sp³-hybridized carbons (Fsp3) is 0.562. The van der Waals surface area contributed by atoms with E-state index in [1.807, 2.05) is 6.07 Å². The summed E-state index contributed by atoms with van der Waals surface area (Å²) in [4.78, 5) is 10.7. The van der Waals surface area contributed by atoms with Gasteiger partial charge in [0, 0.05) is 25.2 Å². The lowest BCUT2D eigenvalue weighted by molar-refractivity contribution is 0.417. The van der Waals surface area contributed by atoms with E-state index in [-0.39, 0.29) is 0 Å². The van der Waals surface area contributed by atoms with Crippen molar-refractivity contribution >= 4 is 17.0 Å². The van der Waals surface area contributed by atoms with Gasteiger partial charge in [0.1, 0.15) is 0 Å². The first kappa shape index (κ1) is 13.4. The zero-order valence-electron chi connectivity index (χ0n) is 12.4. The van der Waals surface area contributed by atoms with E-state index in [1.54, 1.807) is 0 Å². The standard InChI is InChI=1S/C16H24N4/c1-12(2)17-11-13-7-5-6-10-20(13)16-18-14-8-3-4-9-15(14)19-16/h3-4,8-9,12-13,17H,5-7,10-11H2,1-2H3,(H,18,19). The van der Waals surface area contributed by atoms with Gasteiger partial charge in [-0.05, 0) is 31.4 Å². The molecular weight excluding hydrogens is 248 g/mol. The van der Waals surface area contributed by atoms with Gasteiger partial charge < -0.3 is 15.2 Å². The van der Waals surface area contributed by atoms with Crippen LogP contribution in [-0.4, -0.2) is 35.1 Å². The molecule has 1 aromatic heterocycles. The summed E-state index contributed by atoms with van der Waals surface area (Å²) in [5.41, 5.74) is 2.19. The lowest BCUT2D eigenvalue weighted by Gasteiger charge is -2.36. The van der Waals surface area contributed by atoms with Crippen LogP contribution in [0.1, 0.15) is 33.1 Å². The Morgan fingerprint density at radius 2 is 2.20 bits per heavy atom. The van der Waals surface area contributed by atoms with Crippen LogP contribution in [0.2, 0.25) is 0 Å². The summed E-state index contributed by atoms with van der Waals surface area (Å²) in [6, 6.07) is 9.35. The number of hydrogen-bond acceptors (Lipinski definition) is 3. The fourth-order valence-corrected chi connectivity index (χ4v) is 2.94. The molecule has 20 heavy (non-hydrogen) atoms. The average molecular weight is 272 g/mol. The molecule has 3 rings (SSSR count). The van der Waals surface area contributed by atoms with Crippen molar-refractivity contribution < 1.29 is 0 Å². The van der Waals surface area contributed by atoms with Crippen molar-refractivity contribution in [3.8, 4) is 0 Å². The van der Waals surface area contributed by atoms with E-state index < -0.39 is 0 Å². The Labute approximate surface area is 120 Å². The van der Waals surface area contributed by atoms with Crippen LogP contribution in [0.3, 0.4) is 0 Å². The molecule has 1 aromatic carbocycles. The molecule has 108 valence electrons. The first-order valence-corrected chi connectivity index (χ1v) is 7.69. The number of para-hydroxylation sites is 2. The van der Waals surface area contributed by atoms with Crippen LogP contribution in [0.25, 0.3) is 11.0 Å². The number of nitrogens with zero attached hydrogens (tertiary/aromatic N) is 2. The van der Waals surface area contributed by atoms with Crippen LogP contribution in [0, 0.1) is 0 Å². The number of aromatic amines is 1. The highest BCUT2D eigenvalue weighted by atomic mass is 15.3. The Kier molecular flexibility index (Phi) is 3.92. The molecule has 0 saturated carbocycles. The van der Waals surface area contributed by atoms with Gasteiger partial charge in [-0.1, -0.05) is 26.0 Å². The van der Waals surface area contributed by atoms with Gasteiger partial charge in [-0.25, -0.2) is 4.98 Å². The fourth-order valence-electron chi connectivity index (χ4n) is 2.94. The topological polar surface area (TPSA) is 44.0 Å². The smallest absolute Gasteiger partial charge is 0.204 e. The first-order valence-electron chi connectivity index (χ1n) is 7.69. The molecule has 2 aromatic rings. The molecule has 1 aliphatic rings. The summed E-state index contributed by atoms with van der Waals surface area (Å²) in [7, 11) is 0. The predicted molar refractivity (Wildman–Crippen MR) is 84.2 cm³/mol.